The standard InChI is InChI=1S/C11H7Cl2NO2/c12-8-2-1-3-9(13)10(8)6-4-14-5-7(6)11(15)16/h1-5,14H,(H,15,16). The van der Waals surface area contributed by atoms with Crippen molar-refractivity contribution in [3.05, 3.63) is 46.2 Å². The van der Waals surface area contributed by atoms with E-state index in [-0.39, 0.29) is 5.56 Å². The Hall–Kier alpha value is -1.45. The first-order valence-electron chi connectivity index (χ1n) is 4.45. The molecular weight excluding hydrogens is 249 g/mol. The summed E-state index contributed by atoms with van der Waals surface area (Å²) in [6.45, 7) is 0. The lowest BCUT2D eigenvalue weighted by atomic mass is 10.0. The van der Waals surface area contributed by atoms with Crippen LogP contribution in [-0.4, -0.2) is 16.1 Å². The van der Waals surface area contributed by atoms with Gasteiger partial charge in [-0.3, -0.25) is 0 Å². The van der Waals surface area contributed by atoms with Crippen molar-refractivity contribution in [2.45, 2.75) is 0 Å². The molecule has 5 heteroatoms. The number of carboxylic acid groups (broad SMARTS) is 1. The Balaban J connectivity index is 2.68. The quantitative estimate of drug-likeness (QED) is 0.860. The first kappa shape index (κ1) is 11.0. The average molecular weight is 256 g/mol. The van der Waals surface area contributed by atoms with Crippen molar-refractivity contribution in [1.82, 2.24) is 4.98 Å². The predicted octanol–water partition coefficient (Wildman–Crippen LogP) is 3.69. The van der Waals surface area contributed by atoms with E-state index >= 15 is 0 Å². The van der Waals surface area contributed by atoms with Gasteiger partial charge >= 0.3 is 5.97 Å². The zero-order chi connectivity index (χ0) is 11.7. The molecule has 1 heterocycles. The molecular formula is C11H7Cl2NO2. The molecule has 1 aromatic carbocycles. The number of hydrogen-bond acceptors (Lipinski definition) is 1. The van der Waals surface area contributed by atoms with Crippen LogP contribution in [0.3, 0.4) is 0 Å². The van der Waals surface area contributed by atoms with Gasteiger partial charge in [-0.1, -0.05) is 29.3 Å². The number of aromatic carboxylic acids is 1. The average Bonchev–Trinajstić information content (AvgIpc) is 2.66. The first-order valence-corrected chi connectivity index (χ1v) is 5.21. The monoisotopic (exact) mass is 255 g/mol. The van der Waals surface area contributed by atoms with Gasteiger partial charge in [0.1, 0.15) is 0 Å². The van der Waals surface area contributed by atoms with Crippen LogP contribution in [0.2, 0.25) is 10.0 Å². The van der Waals surface area contributed by atoms with E-state index in [0.717, 1.165) is 0 Å². The third-order valence-electron chi connectivity index (χ3n) is 2.21. The van der Waals surface area contributed by atoms with Gasteiger partial charge in [-0.05, 0) is 12.1 Å². The van der Waals surface area contributed by atoms with Gasteiger partial charge in [0.2, 0.25) is 0 Å². The number of rotatable bonds is 2. The molecule has 1 aromatic heterocycles. The summed E-state index contributed by atoms with van der Waals surface area (Å²) in [5, 5.41) is 9.84. The fourth-order valence-corrected chi connectivity index (χ4v) is 2.10. The molecule has 0 unspecified atom stereocenters. The number of hydrogen-bond donors (Lipinski definition) is 2. The van der Waals surface area contributed by atoms with E-state index in [4.69, 9.17) is 28.3 Å². The summed E-state index contributed by atoms with van der Waals surface area (Å²) >= 11 is 12.0. The molecule has 0 bridgehead atoms. The lowest BCUT2D eigenvalue weighted by Gasteiger charge is -2.05. The third-order valence-corrected chi connectivity index (χ3v) is 2.84. The number of aromatic amines is 1. The summed E-state index contributed by atoms with van der Waals surface area (Å²) in [5.74, 6) is -1.02. The molecule has 0 fully saturated rings. The summed E-state index contributed by atoms with van der Waals surface area (Å²) in [6, 6.07) is 5.05. The number of aromatic nitrogens is 1. The maximum Gasteiger partial charge on any atom is 0.337 e. The van der Waals surface area contributed by atoms with Crippen molar-refractivity contribution in [3.8, 4) is 11.1 Å². The summed E-state index contributed by atoms with van der Waals surface area (Å²) in [6.07, 6.45) is 2.97. The van der Waals surface area contributed by atoms with E-state index in [1.54, 1.807) is 24.4 Å². The molecule has 3 nitrogen and oxygen atoms in total. The van der Waals surface area contributed by atoms with Gasteiger partial charge in [-0.2, -0.15) is 0 Å². The van der Waals surface area contributed by atoms with Gasteiger partial charge in [0.15, 0.2) is 0 Å². The molecule has 0 aliphatic rings. The Morgan fingerprint density at radius 2 is 1.81 bits per heavy atom. The Kier molecular flexibility index (Phi) is 2.90. The van der Waals surface area contributed by atoms with E-state index in [9.17, 15) is 4.79 Å². The molecule has 0 aliphatic carbocycles. The van der Waals surface area contributed by atoms with Crippen molar-refractivity contribution < 1.29 is 9.90 Å². The molecule has 0 saturated carbocycles. The Labute approximate surface area is 102 Å². The molecule has 0 radical (unpaired) electrons. The largest absolute Gasteiger partial charge is 0.478 e. The summed E-state index contributed by atoms with van der Waals surface area (Å²) < 4.78 is 0. The van der Waals surface area contributed by atoms with Crippen LogP contribution in [0, 0.1) is 0 Å². The zero-order valence-corrected chi connectivity index (χ0v) is 9.51. The van der Waals surface area contributed by atoms with Gasteiger partial charge in [0.25, 0.3) is 0 Å². The normalized spacial score (nSPS) is 10.4. The SMILES string of the molecule is O=C(O)c1c[nH]cc1-c1c(Cl)cccc1Cl. The predicted molar refractivity (Wildman–Crippen MR) is 63.2 cm³/mol. The second kappa shape index (κ2) is 4.20. The smallest absolute Gasteiger partial charge is 0.337 e. The number of carboxylic acids is 1. The van der Waals surface area contributed by atoms with Crippen molar-refractivity contribution >= 4 is 29.2 Å². The van der Waals surface area contributed by atoms with E-state index in [0.29, 0.717) is 21.2 Å². The molecule has 82 valence electrons. The first-order chi connectivity index (χ1) is 7.61. The van der Waals surface area contributed by atoms with Crippen molar-refractivity contribution in [2.24, 2.45) is 0 Å². The maximum absolute atomic E-state index is 11.0. The second-order valence-corrected chi connectivity index (χ2v) is 4.00. The number of nitrogens with one attached hydrogen (secondary N) is 1. The van der Waals surface area contributed by atoms with Crippen LogP contribution in [-0.2, 0) is 0 Å². The maximum atomic E-state index is 11.0. The summed E-state index contributed by atoms with van der Waals surface area (Å²) in [4.78, 5) is 13.7. The summed E-state index contributed by atoms with van der Waals surface area (Å²) in [5.41, 5.74) is 1.17. The Morgan fingerprint density at radius 3 is 2.38 bits per heavy atom. The number of carbonyl (C=O) groups is 1. The Morgan fingerprint density at radius 1 is 1.19 bits per heavy atom. The van der Waals surface area contributed by atoms with E-state index < -0.39 is 5.97 Å². The van der Waals surface area contributed by atoms with E-state index in [1.165, 1.54) is 6.20 Å². The van der Waals surface area contributed by atoms with Crippen molar-refractivity contribution in [1.29, 1.82) is 0 Å². The molecule has 0 spiro atoms. The van der Waals surface area contributed by atoms with Crippen LogP contribution in [0.1, 0.15) is 10.4 Å². The molecule has 0 aliphatic heterocycles. The highest BCUT2D eigenvalue weighted by Crippen LogP contribution is 2.36. The highest BCUT2D eigenvalue weighted by Gasteiger charge is 2.17. The van der Waals surface area contributed by atoms with Gasteiger partial charge in [-0.15, -0.1) is 0 Å². The Bertz CT molecular complexity index is 528. The van der Waals surface area contributed by atoms with Crippen molar-refractivity contribution in [3.63, 3.8) is 0 Å². The minimum atomic E-state index is -1.02. The molecule has 16 heavy (non-hydrogen) atoms. The molecule has 0 saturated heterocycles. The fraction of sp³-hybridized carbons (Fsp3) is 0. The summed E-state index contributed by atoms with van der Waals surface area (Å²) in [7, 11) is 0. The van der Waals surface area contributed by atoms with E-state index in [2.05, 4.69) is 4.98 Å². The van der Waals surface area contributed by atoms with Crippen LogP contribution in [0.15, 0.2) is 30.6 Å². The molecule has 0 amide bonds. The fourth-order valence-electron chi connectivity index (χ4n) is 1.50. The lowest BCUT2D eigenvalue weighted by Crippen LogP contribution is -1.96. The van der Waals surface area contributed by atoms with Gasteiger partial charge in [-0.25, -0.2) is 4.79 Å². The number of benzene rings is 1. The topological polar surface area (TPSA) is 53.1 Å². The number of H-pyrrole nitrogens is 1. The van der Waals surface area contributed by atoms with Gasteiger partial charge < -0.3 is 10.1 Å². The minimum absolute atomic E-state index is 0.148. The number of halogens is 2. The van der Waals surface area contributed by atoms with Gasteiger partial charge in [0, 0.05) is 33.6 Å². The van der Waals surface area contributed by atoms with E-state index in [1.807, 2.05) is 0 Å². The van der Waals surface area contributed by atoms with Crippen molar-refractivity contribution in [2.75, 3.05) is 0 Å². The molecule has 2 aromatic rings. The third kappa shape index (κ3) is 1.79. The van der Waals surface area contributed by atoms with Crippen LogP contribution in [0.5, 0.6) is 0 Å². The van der Waals surface area contributed by atoms with Crippen LogP contribution < -0.4 is 0 Å². The molecule has 0 atom stereocenters. The van der Waals surface area contributed by atoms with Crippen LogP contribution >= 0.6 is 23.2 Å². The highest BCUT2D eigenvalue weighted by molar-refractivity contribution is 6.39. The van der Waals surface area contributed by atoms with Gasteiger partial charge in [0.05, 0.1) is 5.56 Å². The lowest BCUT2D eigenvalue weighted by molar-refractivity contribution is 0.0698. The molecule has 2 rings (SSSR count). The molecule has 2 N–H and O–H groups in total. The highest BCUT2D eigenvalue weighted by atomic mass is 35.5. The van der Waals surface area contributed by atoms with Crippen LogP contribution in [0.4, 0.5) is 0 Å². The van der Waals surface area contributed by atoms with Crippen LogP contribution in [0.25, 0.3) is 11.1 Å². The minimum Gasteiger partial charge on any atom is -0.478 e. The second-order valence-electron chi connectivity index (χ2n) is 3.18. The zero-order valence-electron chi connectivity index (χ0n) is 8.00.